The van der Waals surface area contributed by atoms with Crippen molar-refractivity contribution in [2.75, 3.05) is 54.9 Å². The third-order valence-electron chi connectivity index (χ3n) is 5.52. The molecule has 0 atom stereocenters. The lowest BCUT2D eigenvalue weighted by atomic mass is 10.0. The Labute approximate surface area is 259 Å². The second-order valence-corrected chi connectivity index (χ2v) is 9.15. The van der Waals surface area contributed by atoms with Crippen LogP contribution in [0, 0.1) is 5.82 Å². The largest absolute Gasteiger partial charge is 0.419 e. The molecule has 0 bridgehead atoms. The van der Waals surface area contributed by atoms with Gasteiger partial charge in [0.2, 0.25) is 5.75 Å². The van der Waals surface area contributed by atoms with Crippen molar-refractivity contribution in [1.29, 1.82) is 0 Å². The summed E-state index contributed by atoms with van der Waals surface area (Å²) >= 11 is 0. The Morgan fingerprint density at radius 2 is 0.911 bits per heavy atom. The molecule has 0 saturated carbocycles. The molecule has 0 unspecified atom stereocenters. The lowest BCUT2D eigenvalue weighted by molar-refractivity contribution is -0.133. The minimum absolute atomic E-state index is 0.0236. The van der Waals surface area contributed by atoms with Gasteiger partial charge in [-0.15, -0.1) is 0 Å². The quantitative estimate of drug-likeness (QED) is 0.142. The van der Waals surface area contributed by atoms with Crippen LogP contribution in [0.3, 0.4) is 0 Å². The van der Waals surface area contributed by atoms with Crippen molar-refractivity contribution < 1.29 is 61.5 Å². The van der Waals surface area contributed by atoms with Gasteiger partial charge in [0.1, 0.15) is 0 Å². The number of methoxy groups -OCH3 is 4. The zero-order valence-corrected chi connectivity index (χ0v) is 25.3. The molecule has 45 heavy (non-hydrogen) atoms. The van der Waals surface area contributed by atoms with Gasteiger partial charge in [-0.25, -0.2) is 23.6 Å². The predicted molar refractivity (Wildman–Crippen MR) is 158 cm³/mol. The maximum Gasteiger partial charge on any atom is 0.341 e. The predicted octanol–water partition coefficient (Wildman–Crippen LogP) is 3.92. The molecule has 2 aromatic rings. The molecular weight excluding hydrogens is 595 g/mol. The van der Waals surface area contributed by atoms with E-state index in [1.807, 2.05) is 0 Å². The normalized spacial score (nSPS) is 10.4. The fourth-order valence-corrected chi connectivity index (χ4v) is 3.38. The Hall–Kier alpha value is -4.95. The van der Waals surface area contributed by atoms with Gasteiger partial charge in [-0.05, 0) is 35.4 Å². The molecule has 2 rings (SSSR count). The number of rotatable bonds is 17. The maximum atomic E-state index is 15.5. The monoisotopic (exact) mass is 628 g/mol. The van der Waals surface area contributed by atoms with Gasteiger partial charge >= 0.3 is 23.9 Å². The SMILES string of the molecule is C=C(COC)C(=O)Oc1ccc(-c2cc(F)c(OC(=O)C(=C)COC)c(OC(=O)C(=C)COC)c2)cc1OC(=O)C(=C)COC. The Bertz CT molecular complexity index is 1510. The zero-order valence-electron chi connectivity index (χ0n) is 25.3. The van der Waals surface area contributed by atoms with Crippen molar-refractivity contribution in [3.05, 3.63) is 84.8 Å². The molecule has 0 amide bonds. The first-order valence-corrected chi connectivity index (χ1v) is 12.9. The number of carbonyl (C=O) groups is 4. The van der Waals surface area contributed by atoms with E-state index in [9.17, 15) is 19.2 Å². The zero-order chi connectivity index (χ0) is 33.7. The molecule has 240 valence electrons. The summed E-state index contributed by atoms with van der Waals surface area (Å²) in [4.78, 5) is 50.2. The van der Waals surface area contributed by atoms with Gasteiger partial charge in [0.15, 0.2) is 23.1 Å². The highest BCUT2D eigenvalue weighted by Crippen LogP contribution is 2.39. The highest BCUT2D eigenvalue weighted by atomic mass is 19.1. The Morgan fingerprint density at radius 3 is 1.36 bits per heavy atom. The van der Waals surface area contributed by atoms with Crippen molar-refractivity contribution in [2.24, 2.45) is 0 Å². The maximum absolute atomic E-state index is 15.5. The number of benzene rings is 2. The number of esters is 4. The molecule has 0 radical (unpaired) electrons. The van der Waals surface area contributed by atoms with Gasteiger partial charge in [0.05, 0.1) is 48.7 Å². The summed E-state index contributed by atoms with van der Waals surface area (Å²) in [7, 11) is 5.37. The molecular formula is C32H33FO12. The van der Waals surface area contributed by atoms with E-state index >= 15 is 4.39 Å². The third kappa shape index (κ3) is 10.3. The van der Waals surface area contributed by atoms with E-state index < -0.39 is 41.2 Å². The average Bonchev–Trinajstić information content (AvgIpc) is 2.99. The van der Waals surface area contributed by atoms with Crippen molar-refractivity contribution in [2.45, 2.75) is 0 Å². The fourth-order valence-electron chi connectivity index (χ4n) is 3.38. The van der Waals surface area contributed by atoms with Gasteiger partial charge in [-0.1, -0.05) is 32.4 Å². The Kier molecular flexibility index (Phi) is 14.0. The molecule has 0 aliphatic carbocycles. The molecule has 0 aromatic heterocycles. The lowest BCUT2D eigenvalue weighted by Crippen LogP contribution is -2.18. The van der Waals surface area contributed by atoms with Crippen molar-refractivity contribution in [1.82, 2.24) is 0 Å². The molecule has 0 saturated heterocycles. The van der Waals surface area contributed by atoms with E-state index in [2.05, 4.69) is 26.3 Å². The van der Waals surface area contributed by atoms with Crippen LogP contribution in [0.4, 0.5) is 4.39 Å². The Morgan fingerprint density at radius 1 is 0.533 bits per heavy atom. The highest BCUT2D eigenvalue weighted by molar-refractivity contribution is 5.94. The summed E-state index contributed by atoms with van der Waals surface area (Å²) in [5.41, 5.74) is -0.0682. The van der Waals surface area contributed by atoms with Crippen molar-refractivity contribution in [3.8, 4) is 34.1 Å². The van der Waals surface area contributed by atoms with Crippen LogP contribution in [-0.2, 0) is 38.1 Å². The van der Waals surface area contributed by atoms with E-state index in [1.54, 1.807) is 0 Å². The van der Waals surface area contributed by atoms with Gasteiger partial charge < -0.3 is 37.9 Å². The van der Waals surface area contributed by atoms with Crippen LogP contribution in [0.15, 0.2) is 78.9 Å². The summed E-state index contributed by atoms with van der Waals surface area (Å²) in [6.07, 6.45) is 0. The Balaban J connectivity index is 2.65. The summed E-state index contributed by atoms with van der Waals surface area (Å²) in [5.74, 6) is -6.57. The second-order valence-electron chi connectivity index (χ2n) is 9.15. The summed E-state index contributed by atoms with van der Waals surface area (Å²) in [6.45, 7) is 13.6. The van der Waals surface area contributed by atoms with Crippen LogP contribution < -0.4 is 18.9 Å². The van der Waals surface area contributed by atoms with E-state index in [-0.39, 0.29) is 71.3 Å². The molecule has 0 spiro atoms. The van der Waals surface area contributed by atoms with Gasteiger partial charge in [-0.3, -0.25) is 0 Å². The van der Waals surface area contributed by atoms with Crippen LogP contribution in [0.25, 0.3) is 11.1 Å². The summed E-state index contributed by atoms with van der Waals surface area (Å²) in [6, 6.07) is 6.11. The van der Waals surface area contributed by atoms with Crippen LogP contribution in [0.1, 0.15) is 0 Å². The fraction of sp³-hybridized carbons (Fsp3) is 0.250. The van der Waals surface area contributed by atoms with E-state index in [4.69, 9.17) is 37.9 Å². The first-order valence-electron chi connectivity index (χ1n) is 12.9. The number of hydrogen-bond acceptors (Lipinski definition) is 12. The molecule has 0 heterocycles. The molecule has 0 fully saturated rings. The smallest absolute Gasteiger partial charge is 0.341 e. The first kappa shape index (κ1) is 36.2. The summed E-state index contributed by atoms with van der Waals surface area (Å²) in [5, 5.41) is 0. The first-order chi connectivity index (χ1) is 21.4. The molecule has 2 aromatic carbocycles. The molecule has 0 aliphatic heterocycles. The highest BCUT2D eigenvalue weighted by Gasteiger charge is 2.24. The minimum atomic E-state index is -1.11. The minimum Gasteiger partial charge on any atom is -0.419 e. The van der Waals surface area contributed by atoms with Crippen molar-refractivity contribution in [3.63, 3.8) is 0 Å². The molecule has 0 N–H and O–H groups in total. The van der Waals surface area contributed by atoms with E-state index in [0.717, 1.165) is 6.07 Å². The number of hydrogen-bond donors (Lipinski definition) is 0. The molecule has 0 aliphatic rings. The van der Waals surface area contributed by atoms with Crippen molar-refractivity contribution >= 4 is 23.9 Å². The van der Waals surface area contributed by atoms with Gasteiger partial charge in [0, 0.05) is 28.4 Å². The summed E-state index contributed by atoms with van der Waals surface area (Å²) < 4.78 is 56.3. The van der Waals surface area contributed by atoms with E-state index in [1.165, 1.54) is 52.7 Å². The van der Waals surface area contributed by atoms with E-state index in [0.29, 0.717) is 0 Å². The lowest BCUT2D eigenvalue weighted by Gasteiger charge is -2.16. The van der Waals surface area contributed by atoms with Gasteiger partial charge in [-0.2, -0.15) is 0 Å². The van der Waals surface area contributed by atoms with Crippen LogP contribution in [-0.4, -0.2) is 78.7 Å². The molecule has 13 heteroatoms. The van der Waals surface area contributed by atoms with Gasteiger partial charge in [0.25, 0.3) is 0 Å². The second kappa shape index (κ2) is 17.4. The third-order valence-corrected chi connectivity index (χ3v) is 5.52. The van der Waals surface area contributed by atoms with Crippen LogP contribution in [0.5, 0.6) is 23.0 Å². The topological polar surface area (TPSA) is 142 Å². The average molecular weight is 629 g/mol. The van der Waals surface area contributed by atoms with Crippen LogP contribution >= 0.6 is 0 Å². The number of ether oxygens (including phenoxy) is 8. The standard InChI is InChI=1S/C32H33FO12/c1-18(14-38-5)29(34)42-25-10-9-22(12-26(25)43-30(35)19(2)15-39-6)23-11-24(33)28(45-32(37)21(4)17-41-8)27(13-23)44-31(36)20(3)16-40-7/h9-13H,1-4,14-17H2,5-8H3. The number of halogens is 1. The van der Waals surface area contributed by atoms with Crippen LogP contribution in [0.2, 0.25) is 0 Å². The molecule has 12 nitrogen and oxygen atoms in total. The number of carbonyl (C=O) groups excluding carboxylic acids is 4.